The molecule has 0 bridgehead atoms. The molecular formula is C17H21ClN2O6P+. The van der Waals surface area contributed by atoms with E-state index in [1.54, 1.807) is 30.3 Å². The summed E-state index contributed by atoms with van der Waals surface area (Å²) in [5.41, 5.74) is 1.02. The molecule has 146 valence electrons. The van der Waals surface area contributed by atoms with Crippen LogP contribution < -0.4 is 10.1 Å². The zero-order chi connectivity index (χ0) is 20.8. The number of nitrogens with zero attached hydrogens (tertiary/aromatic N) is 1. The van der Waals surface area contributed by atoms with Crippen LogP contribution in [-0.2, 0) is 4.57 Å². The Morgan fingerprint density at radius 3 is 2.26 bits per heavy atom. The molecule has 0 aliphatic carbocycles. The van der Waals surface area contributed by atoms with Crippen molar-refractivity contribution in [2.45, 2.75) is 33.2 Å². The Labute approximate surface area is 162 Å². The number of benzene rings is 2. The molecule has 0 saturated heterocycles. The first kappa shape index (κ1) is 22.8. The highest BCUT2D eigenvalue weighted by Gasteiger charge is 2.20. The Hall–Kier alpha value is -2.25. The van der Waals surface area contributed by atoms with Gasteiger partial charge in [-0.05, 0) is 57.5 Å². The van der Waals surface area contributed by atoms with Crippen LogP contribution in [0.5, 0.6) is 11.5 Å². The Morgan fingerprint density at radius 1 is 1.19 bits per heavy atom. The van der Waals surface area contributed by atoms with Crippen LogP contribution in [0.15, 0.2) is 36.4 Å². The molecule has 27 heavy (non-hydrogen) atoms. The highest BCUT2D eigenvalue weighted by atomic mass is 35.5. The number of anilines is 1. The van der Waals surface area contributed by atoms with Gasteiger partial charge in [-0.3, -0.25) is 10.1 Å². The first-order valence-corrected chi connectivity index (χ1v) is 9.29. The normalized spacial score (nSPS) is 10.5. The molecule has 0 atom stereocenters. The van der Waals surface area contributed by atoms with E-state index < -0.39 is 13.2 Å². The predicted octanol–water partition coefficient (Wildman–Crippen LogP) is 5.19. The summed E-state index contributed by atoms with van der Waals surface area (Å²) in [6.07, 6.45) is 0. The van der Waals surface area contributed by atoms with Crippen LogP contribution >= 0.6 is 19.9 Å². The highest BCUT2D eigenvalue weighted by Crippen LogP contribution is 2.34. The van der Waals surface area contributed by atoms with E-state index in [1.165, 1.54) is 6.07 Å². The van der Waals surface area contributed by atoms with Crippen LogP contribution in [0.3, 0.4) is 0 Å². The molecule has 0 unspecified atom stereocenters. The number of rotatable bonds is 4. The minimum atomic E-state index is -2.87. The number of aryl methyl sites for hydroxylation is 1. The van der Waals surface area contributed by atoms with Crippen molar-refractivity contribution in [1.29, 1.82) is 0 Å². The van der Waals surface area contributed by atoms with Gasteiger partial charge in [-0.25, -0.2) is 0 Å². The average molecular weight is 416 g/mol. The highest BCUT2D eigenvalue weighted by molar-refractivity contribution is 7.30. The monoisotopic (exact) mass is 415 g/mol. The topological polar surface area (TPSA) is 122 Å². The molecule has 0 spiro atoms. The lowest BCUT2D eigenvalue weighted by Crippen LogP contribution is -2.26. The smallest absolute Gasteiger partial charge is 0.457 e. The number of nitro groups is 1. The summed E-state index contributed by atoms with van der Waals surface area (Å²) in [5, 5.41) is 15.0. The van der Waals surface area contributed by atoms with Crippen LogP contribution in [0.4, 0.5) is 11.4 Å². The third kappa shape index (κ3) is 8.32. The van der Waals surface area contributed by atoms with Gasteiger partial charge in [0.2, 0.25) is 0 Å². The van der Waals surface area contributed by atoms with Crippen molar-refractivity contribution in [2.75, 3.05) is 5.32 Å². The summed E-state index contributed by atoms with van der Waals surface area (Å²) >= 11 is 5.93. The van der Waals surface area contributed by atoms with Crippen LogP contribution in [0.25, 0.3) is 0 Å². The van der Waals surface area contributed by atoms with E-state index in [4.69, 9.17) is 30.7 Å². The van der Waals surface area contributed by atoms with Crippen molar-refractivity contribution in [1.82, 2.24) is 0 Å². The average Bonchev–Trinajstić information content (AvgIpc) is 2.48. The van der Waals surface area contributed by atoms with E-state index in [0.29, 0.717) is 22.2 Å². The van der Waals surface area contributed by atoms with Gasteiger partial charge < -0.3 is 10.1 Å². The Morgan fingerprint density at radius 2 is 1.78 bits per heavy atom. The number of hydrogen-bond acceptors (Lipinski definition) is 5. The van der Waals surface area contributed by atoms with Gasteiger partial charge in [0, 0.05) is 27.3 Å². The molecule has 0 saturated carbocycles. The molecule has 10 heteroatoms. The lowest BCUT2D eigenvalue weighted by Gasteiger charge is -2.22. The maximum Gasteiger partial charge on any atom is 0.692 e. The maximum atomic E-state index is 11.2. The molecular weight excluding hydrogens is 395 g/mol. The van der Waals surface area contributed by atoms with Crippen molar-refractivity contribution >= 4 is 31.2 Å². The van der Waals surface area contributed by atoms with Gasteiger partial charge in [0.15, 0.2) is 0 Å². The Bertz CT molecular complexity index is 835. The molecule has 2 aromatic rings. The minimum absolute atomic E-state index is 0.0140. The van der Waals surface area contributed by atoms with E-state index >= 15 is 0 Å². The maximum absolute atomic E-state index is 11.2. The number of ether oxygens (including phenoxy) is 1. The largest absolute Gasteiger partial charge is 0.692 e. The van der Waals surface area contributed by atoms with E-state index in [0.717, 1.165) is 5.56 Å². The molecule has 0 aromatic heterocycles. The number of halogens is 1. The summed E-state index contributed by atoms with van der Waals surface area (Å²) in [6, 6.07) is 9.97. The molecule has 0 aliphatic rings. The molecule has 2 aromatic carbocycles. The van der Waals surface area contributed by atoms with E-state index in [-0.39, 0.29) is 11.2 Å². The van der Waals surface area contributed by atoms with Crippen molar-refractivity contribution in [3.8, 4) is 11.5 Å². The fourth-order valence-corrected chi connectivity index (χ4v) is 2.32. The van der Waals surface area contributed by atoms with E-state index in [2.05, 4.69) is 5.32 Å². The Kier molecular flexibility index (Phi) is 8.12. The molecule has 3 N–H and O–H groups in total. The quantitative estimate of drug-likeness (QED) is 0.357. The molecule has 0 aliphatic heterocycles. The summed E-state index contributed by atoms with van der Waals surface area (Å²) in [6.45, 7) is 7.70. The van der Waals surface area contributed by atoms with E-state index in [1.807, 2.05) is 27.7 Å². The van der Waals surface area contributed by atoms with Gasteiger partial charge in [-0.15, -0.1) is 9.79 Å². The molecule has 0 radical (unpaired) electrons. The predicted molar refractivity (Wildman–Crippen MR) is 105 cm³/mol. The molecule has 8 nitrogen and oxygen atoms in total. The lowest BCUT2D eigenvalue weighted by atomic mass is 10.1. The zero-order valence-corrected chi connectivity index (χ0v) is 16.9. The third-order valence-electron chi connectivity index (χ3n) is 3.04. The second kappa shape index (κ2) is 9.62. The van der Waals surface area contributed by atoms with Crippen molar-refractivity contribution in [3.63, 3.8) is 0 Å². The standard InChI is InChI=1S/C17H19ClN2O3.HO3P/c1-11-9-12(18)5-8-16(11)23-13-6-7-15(20(21)22)14(10-13)19-17(2,3)4;1-4(2)3/h5-10,19H,1-4H3;(H-,1,2,3)/p+1. The van der Waals surface area contributed by atoms with Crippen molar-refractivity contribution < 1.29 is 24.0 Å². The summed E-state index contributed by atoms with van der Waals surface area (Å²) in [4.78, 5) is 25.0. The van der Waals surface area contributed by atoms with Gasteiger partial charge in [0.05, 0.1) is 4.92 Å². The molecule has 0 fully saturated rings. The van der Waals surface area contributed by atoms with Crippen molar-refractivity contribution in [2.24, 2.45) is 0 Å². The van der Waals surface area contributed by atoms with Gasteiger partial charge in [-0.2, -0.15) is 0 Å². The van der Waals surface area contributed by atoms with Gasteiger partial charge in [-0.1, -0.05) is 11.6 Å². The second-order valence-electron chi connectivity index (χ2n) is 6.58. The van der Waals surface area contributed by atoms with Gasteiger partial charge in [0.1, 0.15) is 17.2 Å². The number of nitrogens with one attached hydrogen (secondary N) is 1. The fourth-order valence-electron chi connectivity index (χ4n) is 2.10. The third-order valence-corrected chi connectivity index (χ3v) is 3.27. The molecule has 0 amide bonds. The minimum Gasteiger partial charge on any atom is -0.457 e. The molecule has 0 heterocycles. The number of hydrogen-bond donors (Lipinski definition) is 3. The van der Waals surface area contributed by atoms with Crippen LogP contribution in [-0.4, -0.2) is 20.2 Å². The van der Waals surface area contributed by atoms with Crippen molar-refractivity contribution in [3.05, 3.63) is 57.1 Å². The SMILES string of the molecule is Cc1cc(Cl)ccc1Oc1ccc([N+](=O)[O-])c(NC(C)(C)C)c1.O=[P+](O)O. The first-order valence-electron chi connectivity index (χ1n) is 7.74. The fraction of sp³-hybridized carbons (Fsp3) is 0.294. The van der Waals surface area contributed by atoms with Gasteiger partial charge >= 0.3 is 8.25 Å². The lowest BCUT2D eigenvalue weighted by molar-refractivity contribution is -0.384. The zero-order valence-electron chi connectivity index (χ0n) is 15.3. The summed E-state index contributed by atoms with van der Waals surface area (Å²) in [5.74, 6) is 1.18. The first-order chi connectivity index (χ1) is 12.4. The van der Waals surface area contributed by atoms with E-state index in [9.17, 15) is 10.1 Å². The number of nitro benzene ring substituents is 1. The van der Waals surface area contributed by atoms with Gasteiger partial charge in [0.25, 0.3) is 5.69 Å². The van der Waals surface area contributed by atoms with Crippen LogP contribution in [0.2, 0.25) is 5.02 Å². The summed E-state index contributed by atoms with van der Waals surface area (Å²) < 4.78 is 14.5. The second-order valence-corrected chi connectivity index (χ2v) is 7.52. The molecule has 2 rings (SSSR count). The Balaban J connectivity index is 0.000000828. The van der Waals surface area contributed by atoms with Crippen LogP contribution in [0, 0.1) is 17.0 Å². The van der Waals surface area contributed by atoms with Crippen LogP contribution in [0.1, 0.15) is 26.3 Å². The summed E-state index contributed by atoms with van der Waals surface area (Å²) in [7, 11) is -2.87.